The van der Waals surface area contributed by atoms with Crippen LogP contribution in [0.1, 0.15) is 88.8 Å². The van der Waals surface area contributed by atoms with E-state index in [0.29, 0.717) is 0 Å². The second-order valence-electron chi connectivity index (χ2n) is 5.99. The molecule has 0 saturated carbocycles. The average Bonchev–Trinajstić information content (AvgIpc) is 2.48. The first-order valence-electron chi connectivity index (χ1n) is 8.95. The molecule has 0 atom stereocenters. The summed E-state index contributed by atoms with van der Waals surface area (Å²) in [7, 11) is 0. The van der Waals surface area contributed by atoms with Gasteiger partial charge in [0, 0.05) is 17.8 Å². The molecule has 0 N–H and O–H groups in total. The fourth-order valence-corrected chi connectivity index (χ4v) is 2.61. The van der Waals surface area contributed by atoms with Crippen molar-refractivity contribution in [3.05, 3.63) is 30.2 Å². The van der Waals surface area contributed by atoms with E-state index in [1.165, 1.54) is 62.8 Å². The number of hydrogen-bond acceptors (Lipinski definition) is 2. The predicted octanol–water partition coefficient (Wildman–Crippen LogP) is 5.49. The SMILES string of the molecule is [CH2]CCc1nc(CCCCCC)cc(CCCCCC)n1. The van der Waals surface area contributed by atoms with Gasteiger partial charge in [0.1, 0.15) is 5.82 Å². The minimum Gasteiger partial charge on any atom is -0.238 e. The third-order valence-corrected chi connectivity index (χ3v) is 3.85. The fraction of sp³-hybridized carbons (Fsp3) is 0.737. The Kier molecular flexibility index (Phi) is 10.1. The first-order valence-corrected chi connectivity index (χ1v) is 8.95. The standard InChI is InChI=1S/C19H33N2/c1-4-7-9-11-14-17-16-18(15-12-10-8-5-2)21-19(20-17)13-6-3/h16H,3-15H2,1-2H3. The van der Waals surface area contributed by atoms with Gasteiger partial charge in [-0.15, -0.1) is 0 Å². The lowest BCUT2D eigenvalue weighted by Crippen LogP contribution is -2.04. The number of rotatable bonds is 12. The van der Waals surface area contributed by atoms with Crippen molar-refractivity contribution < 1.29 is 0 Å². The maximum atomic E-state index is 4.71. The lowest BCUT2D eigenvalue weighted by atomic mass is 10.1. The van der Waals surface area contributed by atoms with Crippen LogP contribution in [0.2, 0.25) is 0 Å². The molecule has 21 heavy (non-hydrogen) atoms. The summed E-state index contributed by atoms with van der Waals surface area (Å²) in [6.45, 7) is 8.44. The molecule has 2 nitrogen and oxygen atoms in total. The van der Waals surface area contributed by atoms with Gasteiger partial charge in [-0.3, -0.25) is 0 Å². The van der Waals surface area contributed by atoms with E-state index < -0.39 is 0 Å². The zero-order valence-corrected chi connectivity index (χ0v) is 14.2. The van der Waals surface area contributed by atoms with Crippen LogP contribution in [0.4, 0.5) is 0 Å². The van der Waals surface area contributed by atoms with Crippen LogP contribution in [0.25, 0.3) is 0 Å². The van der Waals surface area contributed by atoms with Crippen molar-refractivity contribution in [2.75, 3.05) is 0 Å². The summed E-state index contributed by atoms with van der Waals surface area (Å²) in [5.41, 5.74) is 2.49. The molecule has 2 heteroatoms. The predicted molar refractivity (Wildman–Crippen MR) is 91.4 cm³/mol. The second kappa shape index (κ2) is 11.7. The molecule has 1 rings (SSSR count). The van der Waals surface area contributed by atoms with E-state index in [1.54, 1.807) is 0 Å². The topological polar surface area (TPSA) is 25.8 Å². The van der Waals surface area contributed by atoms with Gasteiger partial charge in [0.15, 0.2) is 0 Å². The highest BCUT2D eigenvalue weighted by Crippen LogP contribution is 2.12. The summed E-state index contributed by atoms with van der Waals surface area (Å²) >= 11 is 0. The normalized spacial score (nSPS) is 11.0. The molecule has 0 aliphatic carbocycles. The smallest absolute Gasteiger partial charge is 0.128 e. The third kappa shape index (κ3) is 8.18. The first kappa shape index (κ1) is 18.1. The van der Waals surface area contributed by atoms with Gasteiger partial charge in [-0.05, 0) is 38.2 Å². The van der Waals surface area contributed by atoms with Crippen LogP contribution >= 0.6 is 0 Å². The molecule has 0 spiro atoms. The molecule has 0 aliphatic rings. The van der Waals surface area contributed by atoms with Crippen LogP contribution in [0.5, 0.6) is 0 Å². The van der Waals surface area contributed by atoms with E-state index in [9.17, 15) is 0 Å². The van der Waals surface area contributed by atoms with Gasteiger partial charge in [0.25, 0.3) is 0 Å². The minimum absolute atomic E-state index is 0.883. The Labute approximate surface area is 131 Å². The molecule has 0 amide bonds. The molecule has 0 aliphatic heterocycles. The van der Waals surface area contributed by atoms with Crippen molar-refractivity contribution in [1.82, 2.24) is 9.97 Å². The van der Waals surface area contributed by atoms with Gasteiger partial charge in [0.05, 0.1) is 0 Å². The lowest BCUT2D eigenvalue weighted by molar-refractivity contribution is 0.644. The van der Waals surface area contributed by atoms with Gasteiger partial charge in [0.2, 0.25) is 0 Å². The van der Waals surface area contributed by atoms with Gasteiger partial charge in [-0.25, -0.2) is 9.97 Å². The fourth-order valence-electron chi connectivity index (χ4n) is 2.61. The Morgan fingerprint density at radius 3 is 1.71 bits per heavy atom. The molecular weight excluding hydrogens is 256 g/mol. The van der Waals surface area contributed by atoms with Crippen LogP contribution < -0.4 is 0 Å². The highest BCUT2D eigenvalue weighted by Gasteiger charge is 2.05. The Morgan fingerprint density at radius 1 is 0.762 bits per heavy atom. The highest BCUT2D eigenvalue weighted by atomic mass is 14.9. The van der Waals surface area contributed by atoms with Crippen LogP contribution in [0.3, 0.4) is 0 Å². The lowest BCUT2D eigenvalue weighted by Gasteiger charge is -2.08. The van der Waals surface area contributed by atoms with Crippen molar-refractivity contribution in [3.63, 3.8) is 0 Å². The van der Waals surface area contributed by atoms with E-state index in [2.05, 4.69) is 26.8 Å². The van der Waals surface area contributed by atoms with Gasteiger partial charge < -0.3 is 0 Å². The summed E-state index contributed by atoms with van der Waals surface area (Å²) < 4.78 is 0. The van der Waals surface area contributed by atoms with E-state index in [0.717, 1.165) is 31.5 Å². The van der Waals surface area contributed by atoms with Gasteiger partial charge in [-0.2, -0.15) is 0 Å². The Bertz CT molecular complexity index is 344. The van der Waals surface area contributed by atoms with Gasteiger partial charge >= 0.3 is 0 Å². The second-order valence-corrected chi connectivity index (χ2v) is 5.99. The van der Waals surface area contributed by atoms with Crippen molar-refractivity contribution in [2.45, 2.75) is 90.9 Å². The van der Waals surface area contributed by atoms with E-state index >= 15 is 0 Å². The maximum absolute atomic E-state index is 4.71. The number of aryl methyl sites for hydroxylation is 3. The largest absolute Gasteiger partial charge is 0.238 e. The molecule has 1 heterocycles. The monoisotopic (exact) mass is 289 g/mol. The number of aromatic nitrogens is 2. The summed E-state index contributed by atoms with van der Waals surface area (Å²) in [5.74, 6) is 1.00. The molecule has 1 aromatic rings. The summed E-state index contributed by atoms with van der Waals surface area (Å²) in [5, 5.41) is 0. The maximum Gasteiger partial charge on any atom is 0.128 e. The molecule has 119 valence electrons. The Morgan fingerprint density at radius 2 is 1.29 bits per heavy atom. The summed E-state index contributed by atoms with van der Waals surface area (Å²) in [6, 6.07) is 2.24. The summed E-state index contributed by atoms with van der Waals surface area (Å²) in [4.78, 5) is 9.43. The van der Waals surface area contributed by atoms with Crippen molar-refractivity contribution >= 4 is 0 Å². The van der Waals surface area contributed by atoms with Crippen molar-refractivity contribution in [2.24, 2.45) is 0 Å². The van der Waals surface area contributed by atoms with Crippen molar-refractivity contribution in [1.29, 1.82) is 0 Å². The number of hydrogen-bond donors (Lipinski definition) is 0. The zero-order chi connectivity index (χ0) is 15.3. The molecule has 0 fully saturated rings. The number of nitrogens with zero attached hydrogens (tertiary/aromatic N) is 2. The first-order chi connectivity index (χ1) is 10.3. The zero-order valence-electron chi connectivity index (χ0n) is 14.2. The number of unbranched alkanes of at least 4 members (excludes halogenated alkanes) is 6. The van der Waals surface area contributed by atoms with Crippen LogP contribution in [-0.2, 0) is 19.3 Å². The Hall–Kier alpha value is -0.920. The Balaban J connectivity index is 2.56. The van der Waals surface area contributed by atoms with E-state index in [1.807, 2.05) is 0 Å². The van der Waals surface area contributed by atoms with Crippen LogP contribution in [0, 0.1) is 6.92 Å². The molecule has 0 bridgehead atoms. The molecule has 0 saturated heterocycles. The average molecular weight is 289 g/mol. The minimum atomic E-state index is 0.883. The summed E-state index contributed by atoms with van der Waals surface area (Å²) in [6.07, 6.45) is 14.4. The molecule has 0 unspecified atom stereocenters. The van der Waals surface area contributed by atoms with Crippen LogP contribution in [0.15, 0.2) is 6.07 Å². The molecule has 1 aromatic heterocycles. The third-order valence-electron chi connectivity index (χ3n) is 3.85. The molecular formula is C19H33N2. The van der Waals surface area contributed by atoms with Crippen molar-refractivity contribution in [3.8, 4) is 0 Å². The molecule has 1 radical (unpaired) electrons. The highest BCUT2D eigenvalue weighted by molar-refractivity contribution is 5.12. The van der Waals surface area contributed by atoms with E-state index in [4.69, 9.17) is 9.97 Å². The quantitative estimate of drug-likeness (QED) is 0.475. The molecule has 0 aromatic carbocycles. The van der Waals surface area contributed by atoms with Gasteiger partial charge in [-0.1, -0.05) is 59.3 Å². The van der Waals surface area contributed by atoms with E-state index in [-0.39, 0.29) is 0 Å². The van der Waals surface area contributed by atoms with Crippen LogP contribution in [-0.4, -0.2) is 9.97 Å².